The molecular weight excluding hydrogens is 204 g/mol. The highest BCUT2D eigenvalue weighted by Crippen LogP contribution is 2.30. The number of aromatic nitrogens is 1. The van der Waals surface area contributed by atoms with E-state index in [-0.39, 0.29) is 23.6 Å². The number of alkyl halides is 2. The van der Waals surface area contributed by atoms with Crippen LogP contribution in [-0.4, -0.2) is 12.1 Å². The van der Waals surface area contributed by atoms with E-state index in [9.17, 15) is 8.78 Å². The second-order valence-corrected chi connectivity index (χ2v) is 2.69. The summed E-state index contributed by atoms with van der Waals surface area (Å²) in [6, 6.07) is 1.65. The number of nitrogens with two attached hydrogens (primary N) is 1. The van der Waals surface area contributed by atoms with Crippen LogP contribution in [0.3, 0.4) is 0 Å². The summed E-state index contributed by atoms with van der Waals surface area (Å²) in [5, 5.41) is 8.65. The third-order valence-corrected chi connectivity index (χ3v) is 1.92. The fraction of sp³-hybridized carbons (Fsp3) is 0.333. The van der Waals surface area contributed by atoms with E-state index in [4.69, 9.17) is 15.7 Å². The second-order valence-electron chi connectivity index (χ2n) is 2.69. The number of methoxy groups -OCH3 is 1. The van der Waals surface area contributed by atoms with Crippen molar-refractivity contribution in [3.05, 3.63) is 22.9 Å². The second kappa shape index (κ2) is 4.66. The zero-order valence-electron chi connectivity index (χ0n) is 8.00. The Morgan fingerprint density at radius 1 is 1.67 bits per heavy atom. The molecule has 2 N–H and O–H groups in total. The van der Waals surface area contributed by atoms with Crippen molar-refractivity contribution >= 4 is 0 Å². The summed E-state index contributed by atoms with van der Waals surface area (Å²) in [7, 11) is 1.31. The van der Waals surface area contributed by atoms with E-state index < -0.39 is 12.0 Å². The Morgan fingerprint density at radius 3 is 2.73 bits per heavy atom. The SMILES string of the molecule is COc1ncc(C#N)c(C(F)F)c1CN. The van der Waals surface area contributed by atoms with Crippen molar-refractivity contribution < 1.29 is 13.5 Å². The molecule has 0 radical (unpaired) electrons. The Morgan fingerprint density at radius 2 is 2.33 bits per heavy atom. The van der Waals surface area contributed by atoms with Crippen molar-refractivity contribution in [2.45, 2.75) is 13.0 Å². The van der Waals surface area contributed by atoms with Crippen LogP contribution in [0.5, 0.6) is 5.88 Å². The van der Waals surface area contributed by atoms with Gasteiger partial charge in [-0.05, 0) is 0 Å². The van der Waals surface area contributed by atoms with Gasteiger partial charge in [0.25, 0.3) is 6.43 Å². The number of pyridine rings is 1. The third-order valence-electron chi connectivity index (χ3n) is 1.92. The minimum absolute atomic E-state index is 0.0341. The van der Waals surface area contributed by atoms with E-state index >= 15 is 0 Å². The standard InChI is InChI=1S/C9H9F2N3O/c1-15-9-6(3-13)7(8(10)11)5(2-12)4-14-9/h4,8H,3,13H2,1H3. The molecule has 0 fully saturated rings. The molecule has 1 aromatic rings. The van der Waals surface area contributed by atoms with E-state index in [0.29, 0.717) is 0 Å². The lowest BCUT2D eigenvalue weighted by Gasteiger charge is -2.11. The molecule has 1 aromatic heterocycles. The molecule has 6 heteroatoms. The molecule has 4 nitrogen and oxygen atoms in total. The molecule has 0 saturated carbocycles. The van der Waals surface area contributed by atoms with Gasteiger partial charge in [-0.1, -0.05) is 0 Å². The van der Waals surface area contributed by atoms with Gasteiger partial charge < -0.3 is 10.5 Å². The predicted molar refractivity (Wildman–Crippen MR) is 48.4 cm³/mol. The van der Waals surface area contributed by atoms with Crippen molar-refractivity contribution in [1.82, 2.24) is 4.98 Å². The summed E-state index contributed by atoms with van der Waals surface area (Å²) in [6.07, 6.45) is -1.71. The van der Waals surface area contributed by atoms with Gasteiger partial charge in [-0.15, -0.1) is 0 Å². The zero-order chi connectivity index (χ0) is 11.4. The molecule has 0 aliphatic carbocycles. The highest BCUT2D eigenvalue weighted by molar-refractivity contribution is 5.46. The van der Waals surface area contributed by atoms with Crippen molar-refractivity contribution in [3.8, 4) is 11.9 Å². The Hall–Kier alpha value is -1.74. The topological polar surface area (TPSA) is 71.9 Å². The number of nitriles is 1. The van der Waals surface area contributed by atoms with Gasteiger partial charge in [-0.3, -0.25) is 0 Å². The predicted octanol–water partition coefficient (Wildman–Crippen LogP) is 1.36. The van der Waals surface area contributed by atoms with E-state index in [1.54, 1.807) is 6.07 Å². The molecule has 0 spiro atoms. The monoisotopic (exact) mass is 213 g/mol. The average molecular weight is 213 g/mol. The molecule has 1 heterocycles. The summed E-state index contributed by atoms with van der Waals surface area (Å²) in [4.78, 5) is 3.72. The fourth-order valence-electron chi connectivity index (χ4n) is 1.26. The number of nitrogens with zero attached hydrogens (tertiary/aromatic N) is 2. The average Bonchev–Trinajstić information content (AvgIpc) is 2.26. The maximum Gasteiger partial charge on any atom is 0.265 e. The van der Waals surface area contributed by atoms with Crippen LogP contribution in [0.1, 0.15) is 23.1 Å². The molecule has 0 bridgehead atoms. The molecule has 0 amide bonds. The van der Waals surface area contributed by atoms with Crippen molar-refractivity contribution in [2.24, 2.45) is 5.73 Å². The summed E-state index contributed by atoms with van der Waals surface area (Å²) in [6.45, 7) is -0.147. The summed E-state index contributed by atoms with van der Waals surface area (Å²) < 4.78 is 30.2. The lowest BCUT2D eigenvalue weighted by Crippen LogP contribution is -2.08. The van der Waals surface area contributed by atoms with E-state index in [1.165, 1.54) is 7.11 Å². The van der Waals surface area contributed by atoms with Gasteiger partial charge in [0.1, 0.15) is 6.07 Å². The van der Waals surface area contributed by atoms with Crippen LogP contribution >= 0.6 is 0 Å². The van der Waals surface area contributed by atoms with Crippen LogP contribution in [0.4, 0.5) is 8.78 Å². The third kappa shape index (κ3) is 2.02. The van der Waals surface area contributed by atoms with Gasteiger partial charge in [0.2, 0.25) is 5.88 Å². The summed E-state index contributed by atoms with van der Waals surface area (Å²) >= 11 is 0. The molecule has 0 aliphatic rings. The Labute approximate surface area is 85.3 Å². The number of halogens is 2. The first kappa shape index (κ1) is 11.3. The lowest BCUT2D eigenvalue weighted by molar-refractivity contribution is 0.149. The Balaban J connectivity index is 3.46. The minimum Gasteiger partial charge on any atom is -0.481 e. The number of rotatable bonds is 3. The van der Waals surface area contributed by atoms with E-state index in [0.717, 1.165) is 6.20 Å². The number of hydrogen-bond acceptors (Lipinski definition) is 4. The quantitative estimate of drug-likeness (QED) is 0.822. The molecule has 80 valence electrons. The van der Waals surface area contributed by atoms with E-state index in [1.807, 2.05) is 0 Å². The Bertz CT molecular complexity index is 401. The normalized spacial score (nSPS) is 10.1. The van der Waals surface area contributed by atoms with Gasteiger partial charge >= 0.3 is 0 Å². The smallest absolute Gasteiger partial charge is 0.265 e. The van der Waals surface area contributed by atoms with Gasteiger partial charge in [-0.25, -0.2) is 13.8 Å². The van der Waals surface area contributed by atoms with Crippen molar-refractivity contribution in [3.63, 3.8) is 0 Å². The van der Waals surface area contributed by atoms with Crippen LogP contribution < -0.4 is 10.5 Å². The van der Waals surface area contributed by atoms with Gasteiger partial charge in [0.05, 0.1) is 12.7 Å². The Kier molecular flexibility index (Phi) is 3.52. The first-order valence-electron chi connectivity index (χ1n) is 4.09. The highest BCUT2D eigenvalue weighted by atomic mass is 19.3. The van der Waals surface area contributed by atoms with Gasteiger partial charge in [0.15, 0.2) is 0 Å². The lowest BCUT2D eigenvalue weighted by atomic mass is 10.1. The molecule has 0 saturated heterocycles. The fourth-order valence-corrected chi connectivity index (χ4v) is 1.26. The van der Waals surface area contributed by atoms with Gasteiger partial charge in [-0.2, -0.15) is 5.26 Å². The van der Waals surface area contributed by atoms with Crippen molar-refractivity contribution in [2.75, 3.05) is 7.11 Å². The summed E-state index contributed by atoms with van der Waals surface area (Å²) in [5.74, 6) is 0.0341. The minimum atomic E-state index is -2.77. The zero-order valence-corrected chi connectivity index (χ0v) is 8.00. The molecule has 15 heavy (non-hydrogen) atoms. The number of ether oxygens (including phenoxy) is 1. The van der Waals surface area contributed by atoms with Crippen LogP contribution in [-0.2, 0) is 6.54 Å². The van der Waals surface area contributed by atoms with Crippen LogP contribution in [0, 0.1) is 11.3 Å². The van der Waals surface area contributed by atoms with E-state index in [2.05, 4.69) is 4.98 Å². The highest BCUT2D eigenvalue weighted by Gasteiger charge is 2.21. The largest absolute Gasteiger partial charge is 0.481 e. The molecule has 0 aliphatic heterocycles. The van der Waals surface area contributed by atoms with Crippen LogP contribution in [0.2, 0.25) is 0 Å². The van der Waals surface area contributed by atoms with Crippen molar-refractivity contribution in [1.29, 1.82) is 5.26 Å². The molecule has 0 aromatic carbocycles. The molecular formula is C9H9F2N3O. The molecule has 0 atom stereocenters. The maximum atomic E-state index is 12.7. The molecule has 1 rings (SSSR count). The maximum absolute atomic E-state index is 12.7. The molecule has 0 unspecified atom stereocenters. The first-order chi connectivity index (χ1) is 7.15. The number of hydrogen-bond donors (Lipinski definition) is 1. The first-order valence-corrected chi connectivity index (χ1v) is 4.09. The van der Waals surface area contributed by atoms with Crippen LogP contribution in [0.15, 0.2) is 6.20 Å². The van der Waals surface area contributed by atoms with Gasteiger partial charge in [0, 0.05) is 23.9 Å². The van der Waals surface area contributed by atoms with Crippen LogP contribution in [0.25, 0.3) is 0 Å². The summed E-state index contributed by atoms with van der Waals surface area (Å²) in [5.41, 5.74) is 4.83.